The summed E-state index contributed by atoms with van der Waals surface area (Å²) in [6, 6.07) is 0. The van der Waals surface area contributed by atoms with Crippen LogP contribution in [0, 0.1) is 0 Å². The van der Waals surface area contributed by atoms with Gasteiger partial charge in [-0.3, -0.25) is 8.88 Å². The fourth-order valence-corrected chi connectivity index (χ4v) is 1.71. The van der Waals surface area contributed by atoms with Crippen molar-refractivity contribution in [3.8, 4) is 0 Å². The molecule has 2 atom stereocenters. The number of unbranched alkanes of at least 4 members (excludes halogenated alkanes) is 6. The van der Waals surface area contributed by atoms with Crippen LogP contribution in [0.1, 0.15) is 51.9 Å². The number of aliphatic hydroxyl groups excluding tert-OH is 1. The maximum absolute atomic E-state index is 9.40. The number of hydrogen-bond donors (Lipinski definition) is 2. The topological polar surface area (TPSA) is 107 Å². The van der Waals surface area contributed by atoms with Gasteiger partial charge in [-0.2, -0.15) is 0 Å². The molecule has 0 bridgehead atoms. The van der Waals surface area contributed by atoms with Gasteiger partial charge in [0.1, 0.15) is 8.25 Å². The minimum absolute atomic E-state index is 0. The Balaban J connectivity index is -0.000000251. The van der Waals surface area contributed by atoms with E-state index in [4.69, 9.17) is 10.00 Å². The third-order valence-electron chi connectivity index (χ3n) is 1.93. The maximum atomic E-state index is 9.40. The maximum Gasteiger partial charge on any atom is 1.00 e. The minimum Gasteiger partial charge on any atom is -0.781 e. The Kier molecular flexibility index (Phi) is 27.9. The summed E-state index contributed by atoms with van der Waals surface area (Å²) in [5, 5.41) is 8.47. The van der Waals surface area contributed by atoms with E-state index < -0.39 is 16.5 Å². The van der Waals surface area contributed by atoms with Gasteiger partial charge in [-0.05, 0) is 6.42 Å². The normalized spacial score (nSPS) is 12.9. The molecule has 0 heterocycles. The SMILES string of the molecule is CCCCCCCCCO.O=[PH]([O-])O[PH](=O)O.[Na+]. The van der Waals surface area contributed by atoms with Gasteiger partial charge >= 0.3 is 37.8 Å². The van der Waals surface area contributed by atoms with Gasteiger partial charge in [-0.1, -0.05) is 45.4 Å². The zero-order chi connectivity index (χ0) is 13.5. The summed E-state index contributed by atoms with van der Waals surface area (Å²) in [5.74, 6) is 0. The molecule has 0 aliphatic carbocycles. The average molecular weight is 312 g/mol. The monoisotopic (exact) mass is 312 g/mol. The summed E-state index contributed by atoms with van der Waals surface area (Å²) >= 11 is 0. The van der Waals surface area contributed by atoms with Crippen LogP contribution in [0.5, 0.6) is 0 Å². The van der Waals surface area contributed by atoms with Crippen molar-refractivity contribution in [2.75, 3.05) is 6.61 Å². The third-order valence-corrected chi connectivity index (χ3v) is 3.30. The smallest absolute Gasteiger partial charge is 0.781 e. The van der Waals surface area contributed by atoms with E-state index in [0.717, 1.165) is 6.42 Å². The van der Waals surface area contributed by atoms with Gasteiger partial charge in [0.25, 0.3) is 0 Å². The summed E-state index contributed by atoms with van der Waals surface area (Å²) in [7, 11) is -6.72. The van der Waals surface area contributed by atoms with Crippen molar-refractivity contribution in [3.63, 3.8) is 0 Å². The first-order valence-corrected chi connectivity index (χ1v) is 8.26. The average Bonchev–Trinajstić information content (AvgIpc) is 2.22. The van der Waals surface area contributed by atoms with Gasteiger partial charge < -0.3 is 19.5 Å². The van der Waals surface area contributed by atoms with Gasteiger partial charge in [0.05, 0.1) is 0 Å². The molecule has 2 N–H and O–H groups in total. The molecule has 0 aliphatic heterocycles. The first-order chi connectivity index (χ1) is 8.04. The van der Waals surface area contributed by atoms with Crippen LogP contribution in [-0.4, -0.2) is 16.6 Å². The van der Waals surface area contributed by atoms with Crippen molar-refractivity contribution in [2.45, 2.75) is 51.9 Å². The van der Waals surface area contributed by atoms with E-state index in [1.165, 1.54) is 38.5 Å². The molecule has 2 unspecified atom stereocenters. The summed E-state index contributed by atoms with van der Waals surface area (Å²) in [5.41, 5.74) is 0. The van der Waals surface area contributed by atoms with Gasteiger partial charge in [0.2, 0.25) is 0 Å². The van der Waals surface area contributed by atoms with Crippen LogP contribution in [0.3, 0.4) is 0 Å². The van der Waals surface area contributed by atoms with E-state index in [0.29, 0.717) is 6.61 Å². The molecule has 0 rings (SSSR count). The molecule has 0 fully saturated rings. The van der Waals surface area contributed by atoms with Gasteiger partial charge in [-0.25, -0.2) is 0 Å². The molecule has 0 aliphatic rings. The first-order valence-electron chi connectivity index (χ1n) is 5.77. The van der Waals surface area contributed by atoms with Crippen LogP contribution in [0.2, 0.25) is 0 Å². The van der Waals surface area contributed by atoms with E-state index in [9.17, 15) is 14.0 Å². The molecule has 6 nitrogen and oxygen atoms in total. The molecule has 0 aromatic carbocycles. The summed E-state index contributed by atoms with van der Waals surface area (Å²) in [6.45, 7) is 2.60. The Hall–Kier alpha value is 1.30. The Morgan fingerprint density at radius 2 is 1.50 bits per heavy atom. The van der Waals surface area contributed by atoms with Crippen molar-refractivity contribution in [1.29, 1.82) is 0 Å². The van der Waals surface area contributed by atoms with Gasteiger partial charge in [-0.15, -0.1) is 0 Å². The third kappa shape index (κ3) is 30.4. The zero-order valence-corrected chi connectivity index (χ0v) is 15.2. The van der Waals surface area contributed by atoms with Gasteiger partial charge in [0.15, 0.2) is 0 Å². The van der Waals surface area contributed by atoms with Crippen molar-refractivity contribution in [1.82, 2.24) is 0 Å². The molecule has 0 radical (unpaired) electrons. The predicted molar refractivity (Wildman–Crippen MR) is 66.4 cm³/mol. The fourth-order valence-electron chi connectivity index (χ4n) is 1.14. The van der Waals surface area contributed by atoms with Crippen molar-refractivity contribution < 1.29 is 57.9 Å². The largest absolute Gasteiger partial charge is 1.00 e. The Labute approximate surface area is 132 Å². The number of hydrogen-bond acceptors (Lipinski definition) is 5. The van der Waals surface area contributed by atoms with E-state index in [2.05, 4.69) is 11.2 Å². The summed E-state index contributed by atoms with van der Waals surface area (Å²) < 4.78 is 22.1. The molecule has 0 spiro atoms. The predicted octanol–water partition coefficient (Wildman–Crippen LogP) is -1.13. The fraction of sp³-hybridized carbons (Fsp3) is 1.00. The summed E-state index contributed by atoms with van der Waals surface area (Å²) in [4.78, 5) is 17.0. The standard InChI is InChI=1S/C9H20O.Na.H4O5P2/c1-2-3-4-5-6-7-8-9-10;;1-6(2)5-7(3)4/h10H,2-9H2,1H3;;6-7H,(H,1,2)(H,3,4)/q;+1;/p-1. The molecular formula is C9H23NaO6P2. The Morgan fingerprint density at radius 1 is 1.06 bits per heavy atom. The second kappa shape index (κ2) is 20.6. The Morgan fingerprint density at radius 3 is 1.78 bits per heavy atom. The van der Waals surface area contributed by atoms with Crippen LogP contribution < -0.4 is 34.5 Å². The van der Waals surface area contributed by atoms with E-state index in [1.807, 2.05) is 0 Å². The van der Waals surface area contributed by atoms with Crippen LogP contribution in [0.4, 0.5) is 0 Å². The van der Waals surface area contributed by atoms with Gasteiger partial charge in [0, 0.05) is 6.61 Å². The number of aliphatic hydroxyl groups is 1. The molecule has 9 heteroatoms. The van der Waals surface area contributed by atoms with Crippen LogP contribution in [-0.2, 0) is 13.4 Å². The minimum atomic E-state index is -3.45. The van der Waals surface area contributed by atoms with Crippen molar-refractivity contribution in [3.05, 3.63) is 0 Å². The van der Waals surface area contributed by atoms with E-state index >= 15 is 0 Å². The van der Waals surface area contributed by atoms with Crippen molar-refractivity contribution in [2.24, 2.45) is 0 Å². The van der Waals surface area contributed by atoms with Crippen LogP contribution in [0.25, 0.3) is 0 Å². The van der Waals surface area contributed by atoms with Crippen molar-refractivity contribution >= 4 is 16.5 Å². The molecule has 0 saturated heterocycles. The molecule has 0 aromatic rings. The quantitative estimate of drug-likeness (QED) is 0.317. The van der Waals surface area contributed by atoms with Crippen LogP contribution in [0.15, 0.2) is 0 Å². The molecule has 0 aromatic heterocycles. The van der Waals surface area contributed by atoms with E-state index in [1.54, 1.807) is 0 Å². The second-order valence-corrected chi connectivity index (χ2v) is 5.31. The molecule has 0 amide bonds. The molecule has 106 valence electrons. The summed E-state index contributed by atoms with van der Waals surface area (Å²) in [6.07, 6.45) is 8.93. The van der Waals surface area contributed by atoms with E-state index in [-0.39, 0.29) is 29.6 Å². The first kappa shape index (κ1) is 24.3. The second-order valence-electron chi connectivity index (χ2n) is 3.46. The number of rotatable bonds is 9. The Bertz CT molecular complexity index is 185. The zero-order valence-electron chi connectivity index (χ0n) is 11.2. The molecule has 18 heavy (non-hydrogen) atoms. The van der Waals surface area contributed by atoms with Crippen LogP contribution >= 0.6 is 16.5 Å². The molecule has 0 saturated carbocycles. The molecular weight excluding hydrogens is 289 g/mol.